The van der Waals surface area contributed by atoms with Crippen LogP contribution < -0.4 is 5.32 Å². The van der Waals surface area contributed by atoms with Gasteiger partial charge in [-0.05, 0) is 25.8 Å². The first-order chi connectivity index (χ1) is 13.0. The molecule has 0 spiro atoms. The highest BCUT2D eigenvalue weighted by atomic mass is 32.1. The summed E-state index contributed by atoms with van der Waals surface area (Å²) in [6, 6.07) is 0. The van der Waals surface area contributed by atoms with Gasteiger partial charge in [0.15, 0.2) is 0 Å². The lowest BCUT2D eigenvalue weighted by molar-refractivity contribution is -0.388. The fraction of sp³-hybridized carbons (Fsp3) is 0.600. The molecule has 14 heteroatoms. The monoisotopic (exact) mass is 459 g/mol. The zero-order valence-corrected chi connectivity index (χ0v) is 15.8. The van der Waals surface area contributed by atoms with Gasteiger partial charge in [-0.15, -0.1) is 11.3 Å². The van der Waals surface area contributed by atoms with Crippen molar-refractivity contribution in [1.29, 1.82) is 0 Å². The molecular formula is C15H14F9NO3S. The molecule has 1 amide bonds. The maximum Gasteiger partial charge on any atom is 0.460 e. The van der Waals surface area contributed by atoms with Crippen LogP contribution in [0.3, 0.4) is 0 Å². The standard InChI is InChI=1S/C15H14F9NO3S/c1-4-7-6(3)29-9(8(7)10(26)28-5-2)25-11(27)12(16,17)13(18,19)14(20,21)15(22,23)24/h4-5H2,1-3H3,(H,25,27). The zero-order chi connectivity index (χ0) is 23.0. The lowest BCUT2D eigenvalue weighted by Gasteiger charge is -2.32. The van der Waals surface area contributed by atoms with Gasteiger partial charge in [0.1, 0.15) is 5.00 Å². The van der Waals surface area contributed by atoms with E-state index in [1.807, 2.05) is 0 Å². The lowest BCUT2D eigenvalue weighted by Crippen LogP contribution is -2.64. The molecule has 0 bridgehead atoms. The van der Waals surface area contributed by atoms with Gasteiger partial charge in [-0.3, -0.25) is 4.79 Å². The number of alkyl halides is 9. The molecule has 0 aliphatic heterocycles. The van der Waals surface area contributed by atoms with Crippen LogP contribution in [0.2, 0.25) is 0 Å². The van der Waals surface area contributed by atoms with Gasteiger partial charge in [0.2, 0.25) is 0 Å². The fourth-order valence-electron chi connectivity index (χ4n) is 2.21. The van der Waals surface area contributed by atoms with E-state index < -0.39 is 46.4 Å². The minimum atomic E-state index is -7.20. The molecule has 0 fully saturated rings. The molecule has 29 heavy (non-hydrogen) atoms. The molecule has 0 aromatic carbocycles. The third-order valence-corrected chi connectivity index (χ3v) is 4.76. The Balaban J connectivity index is 3.39. The molecule has 1 N–H and O–H groups in total. The van der Waals surface area contributed by atoms with E-state index in [1.165, 1.54) is 20.8 Å². The Kier molecular flexibility index (Phi) is 6.94. The Morgan fingerprint density at radius 2 is 1.48 bits per heavy atom. The third-order valence-electron chi connectivity index (χ3n) is 3.70. The first-order valence-corrected chi connectivity index (χ1v) is 8.59. The molecule has 0 saturated heterocycles. The molecule has 0 aliphatic rings. The van der Waals surface area contributed by atoms with E-state index in [0.29, 0.717) is 11.3 Å². The van der Waals surface area contributed by atoms with Crippen molar-refractivity contribution in [3.63, 3.8) is 0 Å². The number of carbonyl (C=O) groups is 2. The first kappa shape index (κ1) is 25.0. The fourth-order valence-corrected chi connectivity index (χ4v) is 3.34. The number of nitrogens with one attached hydrogen (secondary N) is 1. The van der Waals surface area contributed by atoms with Crippen molar-refractivity contribution in [1.82, 2.24) is 0 Å². The van der Waals surface area contributed by atoms with E-state index in [-0.39, 0.29) is 23.5 Å². The number of aryl methyl sites for hydroxylation is 1. The number of carbonyl (C=O) groups excluding carboxylic acids is 2. The van der Waals surface area contributed by atoms with Crippen LogP contribution in [0.25, 0.3) is 0 Å². The molecule has 4 nitrogen and oxygen atoms in total. The quantitative estimate of drug-likeness (QED) is 0.451. The molecule has 0 saturated carbocycles. The second-order valence-electron chi connectivity index (χ2n) is 5.59. The van der Waals surface area contributed by atoms with E-state index in [9.17, 15) is 49.1 Å². The van der Waals surface area contributed by atoms with Crippen molar-refractivity contribution in [3.8, 4) is 0 Å². The SMILES string of the molecule is CCOC(=O)c1c(NC(=O)C(F)(F)C(F)(F)C(F)(F)C(F)(F)F)sc(C)c1CC. The van der Waals surface area contributed by atoms with Crippen molar-refractivity contribution in [2.45, 2.75) is 51.1 Å². The van der Waals surface area contributed by atoms with Gasteiger partial charge in [-0.25, -0.2) is 4.79 Å². The highest BCUT2D eigenvalue weighted by molar-refractivity contribution is 7.16. The van der Waals surface area contributed by atoms with Crippen LogP contribution in [0.4, 0.5) is 44.5 Å². The number of hydrogen-bond donors (Lipinski definition) is 1. The number of halogens is 9. The summed E-state index contributed by atoms with van der Waals surface area (Å²) in [5, 5.41) is 0.421. The molecule has 0 atom stereocenters. The molecular weight excluding hydrogens is 445 g/mol. The normalized spacial score (nSPS) is 13.4. The predicted octanol–water partition coefficient (Wildman–Crippen LogP) is 5.20. The maximum atomic E-state index is 13.7. The largest absolute Gasteiger partial charge is 0.462 e. The zero-order valence-electron chi connectivity index (χ0n) is 14.9. The summed E-state index contributed by atoms with van der Waals surface area (Å²) in [6.45, 7) is 4.10. The minimum absolute atomic E-state index is 0.116. The smallest absolute Gasteiger partial charge is 0.460 e. The number of rotatable bonds is 7. The summed E-state index contributed by atoms with van der Waals surface area (Å²) in [7, 11) is 0. The minimum Gasteiger partial charge on any atom is -0.462 e. The van der Waals surface area contributed by atoms with Gasteiger partial charge in [0, 0.05) is 4.88 Å². The summed E-state index contributed by atoms with van der Waals surface area (Å²) in [4.78, 5) is 23.9. The van der Waals surface area contributed by atoms with Crippen LogP contribution in [0, 0.1) is 6.92 Å². The van der Waals surface area contributed by atoms with Gasteiger partial charge in [-0.2, -0.15) is 39.5 Å². The van der Waals surface area contributed by atoms with Crippen molar-refractivity contribution < 1.29 is 53.8 Å². The summed E-state index contributed by atoms with van der Waals surface area (Å²) in [6.07, 6.45) is -6.93. The summed E-state index contributed by atoms with van der Waals surface area (Å²) in [5.74, 6) is -25.0. The van der Waals surface area contributed by atoms with E-state index in [2.05, 4.69) is 4.74 Å². The second kappa shape index (κ2) is 8.03. The first-order valence-electron chi connectivity index (χ1n) is 7.78. The van der Waals surface area contributed by atoms with Gasteiger partial charge in [0.25, 0.3) is 0 Å². The molecule has 0 aliphatic carbocycles. The average Bonchev–Trinajstić information content (AvgIpc) is 2.88. The lowest BCUT2D eigenvalue weighted by atomic mass is 10.0. The maximum absolute atomic E-state index is 13.7. The van der Waals surface area contributed by atoms with E-state index in [0.717, 1.165) is 5.32 Å². The number of esters is 1. The summed E-state index contributed by atoms with van der Waals surface area (Å²) < 4.78 is 121. The molecule has 1 aromatic heterocycles. The number of amides is 1. The number of hydrogen-bond acceptors (Lipinski definition) is 4. The number of thiophene rings is 1. The molecule has 1 aromatic rings. The Hall–Kier alpha value is -1.99. The molecule has 166 valence electrons. The predicted molar refractivity (Wildman–Crippen MR) is 83.9 cm³/mol. The number of ether oxygens (including phenoxy) is 1. The Morgan fingerprint density at radius 3 is 1.90 bits per heavy atom. The highest BCUT2D eigenvalue weighted by Gasteiger charge is 2.83. The summed E-state index contributed by atoms with van der Waals surface area (Å²) in [5.41, 5.74) is -0.286. The van der Waals surface area contributed by atoms with Crippen LogP contribution in [-0.2, 0) is 16.0 Å². The van der Waals surface area contributed by atoms with Crippen LogP contribution in [0.5, 0.6) is 0 Å². The van der Waals surface area contributed by atoms with Gasteiger partial charge in [-0.1, -0.05) is 6.92 Å². The molecule has 0 unspecified atom stereocenters. The topological polar surface area (TPSA) is 55.4 Å². The average molecular weight is 459 g/mol. The molecule has 1 heterocycles. The van der Waals surface area contributed by atoms with Gasteiger partial charge in [0.05, 0.1) is 12.2 Å². The third kappa shape index (κ3) is 4.16. The second-order valence-corrected chi connectivity index (χ2v) is 6.81. The highest BCUT2D eigenvalue weighted by Crippen LogP contribution is 2.53. The van der Waals surface area contributed by atoms with Crippen LogP contribution in [-0.4, -0.2) is 42.4 Å². The van der Waals surface area contributed by atoms with Crippen molar-refractivity contribution in [3.05, 3.63) is 16.0 Å². The number of anilines is 1. The molecule has 1 rings (SSSR count). The van der Waals surface area contributed by atoms with Crippen LogP contribution in [0.15, 0.2) is 0 Å². The molecule has 0 radical (unpaired) electrons. The van der Waals surface area contributed by atoms with Crippen molar-refractivity contribution in [2.24, 2.45) is 0 Å². The Morgan fingerprint density at radius 1 is 0.966 bits per heavy atom. The van der Waals surface area contributed by atoms with Gasteiger partial charge >= 0.3 is 35.8 Å². The Bertz CT molecular complexity index is 787. The van der Waals surface area contributed by atoms with Crippen molar-refractivity contribution >= 4 is 28.2 Å². The van der Waals surface area contributed by atoms with Crippen molar-refractivity contribution in [2.75, 3.05) is 11.9 Å². The van der Waals surface area contributed by atoms with E-state index >= 15 is 0 Å². The van der Waals surface area contributed by atoms with Gasteiger partial charge < -0.3 is 10.1 Å². The van der Waals surface area contributed by atoms with E-state index in [4.69, 9.17) is 0 Å². The van der Waals surface area contributed by atoms with Crippen LogP contribution in [0.1, 0.15) is 34.6 Å². The van der Waals surface area contributed by atoms with Crippen LogP contribution >= 0.6 is 11.3 Å². The summed E-state index contributed by atoms with van der Waals surface area (Å²) >= 11 is 0.467. The van der Waals surface area contributed by atoms with E-state index in [1.54, 1.807) is 0 Å². The Labute approximate surface area is 162 Å².